The highest BCUT2D eigenvalue weighted by atomic mass is 14.8. The van der Waals surface area contributed by atoms with E-state index in [9.17, 15) is 0 Å². The zero-order valence-corrected chi connectivity index (χ0v) is 6.39. The first-order valence-corrected chi connectivity index (χ1v) is 3.35. The molecule has 0 aliphatic rings. The van der Waals surface area contributed by atoms with Crippen LogP contribution in [0.25, 0.3) is 0 Å². The van der Waals surface area contributed by atoms with E-state index in [0.717, 1.165) is 11.3 Å². The molecular formula is C8H11N3. The standard InChI is InChI=1S/C8H11N3/c1-11-8-4-7(10)3-2-6(8)5-9/h2-5,9,11H,10H2,1H3. The van der Waals surface area contributed by atoms with Crippen molar-refractivity contribution in [3.05, 3.63) is 23.8 Å². The fraction of sp³-hybridized carbons (Fsp3) is 0.125. The van der Waals surface area contributed by atoms with Crippen LogP contribution in [0.5, 0.6) is 0 Å². The van der Waals surface area contributed by atoms with Crippen molar-refractivity contribution >= 4 is 17.6 Å². The Morgan fingerprint density at radius 1 is 1.55 bits per heavy atom. The van der Waals surface area contributed by atoms with Crippen LogP contribution >= 0.6 is 0 Å². The number of hydrogen-bond acceptors (Lipinski definition) is 3. The van der Waals surface area contributed by atoms with Gasteiger partial charge in [0.05, 0.1) is 0 Å². The van der Waals surface area contributed by atoms with Crippen LogP contribution in [0, 0.1) is 5.41 Å². The number of nitrogens with two attached hydrogens (primary N) is 1. The summed E-state index contributed by atoms with van der Waals surface area (Å²) in [7, 11) is 1.81. The summed E-state index contributed by atoms with van der Waals surface area (Å²) in [4.78, 5) is 0. The number of rotatable bonds is 2. The van der Waals surface area contributed by atoms with Gasteiger partial charge in [-0.15, -0.1) is 0 Å². The van der Waals surface area contributed by atoms with Gasteiger partial charge in [0.25, 0.3) is 0 Å². The predicted octanol–water partition coefficient (Wildman–Crippen LogP) is 1.31. The normalized spacial score (nSPS) is 9.18. The maximum atomic E-state index is 7.05. The van der Waals surface area contributed by atoms with Gasteiger partial charge in [-0.2, -0.15) is 0 Å². The molecule has 0 radical (unpaired) electrons. The fourth-order valence-corrected chi connectivity index (χ4v) is 0.916. The van der Waals surface area contributed by atoms with E-state index in [2.05, 4.69) is 5.32 Å². The summed E-state index contributed by atoms with van der Waals surface area (Å²) >= 11 is 0. The molecule has 0 saturated carbocycles. The minimum absolute atomic E-state index is 0.708. The molecule has 0 bridgehead atoms. The summed E-state index contributed by atoms with van der Waals surface area (Å²) < 4.78 is 0. The van der Waals surface area contributed by atoms with Crippen LogP contribution < -0.4 is 11.1 Å². The summed E-state index contributed by atoms with van der Waals surface area (Å²) in [6, 6.07) is 5.40. The molecule has 3 heteroatoms. The zero-order valence-electron chi connectivity index (χ0n) is 6.39. The summed E-state index contributed by atoms with van der Waals surface area (Å²) in [5.74, 6) is 0. The first kappa shape index (κ1) is 7.60. The summed E-state index contributed by atoms with van der Waals surface area (Å²) in [6.07, 6.45) is 1.30. The highest BCUT2D eigenvalue weighted by Gasteiger charge is 1.96. The van der Waals surface area contributed by atoms with Gasteiger partial charge >= 0.3 is 0 Å². The van der Waals surface area contributed by atoms with Crippen molar-refractivity contribution in [2.45, 2.75) is 0 Å². The Balaban J connectivity index is 3.16. The summed E-state index contributed by atoms with van der Waals surface area (Å²) in [6.45, 7) is 0. The molecule has 4 N–H and O–H groups in total. The second-order valence-corrected chi connectivity index (χ2v) is 2.24. The van der Waals surface area contributed by atoms with Gasteiger partial charge < -0.3 is 16.5 Å². The Labute approximate surface area is 65.7 Å². The zero-order chi connectivity index (χ0) is 8.27. The van der Waals surface area contributed by atoms with Crippen molar-refractivity contribution < 1.29 is 0 Å². The van der Waals surface area contributed by atoms with Gasteiger partial charge in [-0.3, -0.25) is 0 Å². The molecule has 0 aliphatic carbocycles. The van der Waals surface area contributed by atoms with Gasteiger partial charge in [0.1, 0.15) is 0 Å². The molecule has 1 rings (SSSR count). The van der Waals surface area contributed by atoms with Gasteiger partial charge in [-0.25, -0.2) is 0 Å². The molecule has 3 nitrogen and oxygen atoms in total. The molecule has 0 spiro atoms. The van der Waals surface area contributed by atoms with E-state index in [1.165, 1.54) is 6.21 Å². The third-order valence-corrected chi connectivity index (χ3v) is 1.50. The van der Waals surface area contributed by atoms with Crippen LogP contribution in [0.3, 0.4) is 0 Å². The maximum Gasteiger partial charge on any atom is 0.0447 e. The molecule has 0 amide bonds. The predicted molar refractivity (Wildman–Crippen MR) is 48.3 cm³/mol. The Kier molecular flexibility index (Phi) is 2.11. The summed E-state index contributed by atoms with van der Waals surface area (Å²) in [5.41, 5.74) is 7.99. The average molecular weight is 149 g/mol. The van der Waals surface area contributed by atoms with Crippen LogP contribution in [0.2, 0.25) is 0 Å². The Morgan fingerprint density at radius 2 is 2.27 bits per heavy atom. The lowest BCUT2D eigenvalue weighted by Crippen LogP contribution is -1.95. The molecule has 0 aromatic heterocycles. The van der Waals surface area contributed by atoms with E-state index >= 15 is 0 Å². The molecule has 0 aliphatic heterocycles. The topological polar surface area (TPSA) is 61.9 Å². The van der Waals surface area contributed by atoms with Gasteiger partial charge in [0, 0.05) is 30.2 Å². The molecule has 0 atom stereocenters. The second kappa shape index (κ2) is 3.05. The molecule has 11 heavy (non-hydrogen) atoms. The van der Waals surface area contributed by atoms with E-state index in [0.29, 0.717) is 5.69 Å². The number of nitrogens with one attached hydrogen (secondary N) is 2. The Morgan fingerprint density at radius 3 is 2.82 bits per heavy atom. The van der Waals surface area contributed by atoms with Crippen molar-refractivity contribution in [3.63, 3.8) is 0 Å². The van der Waals surface area contributed by atoms with Gasteiger partial charge in [-0.1, -0.05) is 0 Å². The highest BCUT2D eigenvalue weighted by molar-refractivity contribution is 5.86. The first-order valence-electron chi connectivity index (χ1n) is 3.35. The minimum Gasteiger partial charge on any atom is -0.399 e. The Hall–Kier alpha value is -1.51. The van der Waals surface area contributed by atoms with Crippen LogP contribution in [-0.2, 0) is 0 Å². The van der Waals surface area contributed by atoms with Gasteiger partial charge in [-0.05, 0) is 18.2 Å². The van der Waals surface area contributed by atoms with Crippen molar-refractivity contribution in [1.29, 1.82) is 5.41 Å². The first-order chi connectivity index (χ1) is 5.27. The van der Waals surface area contributed by atoms with E-state index in [4.69, 9.17) is 11.1 Å². The van der Waals surface area contributed by atoms with Crippen LogP contribution in [-0.4, -0.2) is 13.3 Å². The number of anilines is 2. The quantitative estimate of drug-likeness (QED) is 0.438. The molecule has 58 valence electrons. The SMILES string of the molecule is CNc1cc(N)ccc1C=N. The minimum atomic E-state index is 0.708. The van der Waals surface area contributed by atoms with E-state index in [-0.39, 0.29) is 0 Å². The molecule has 0 unspecified atom stereocenters. The molecule has 1 aromatic carbocycles. The lowest BCUT2D eigenvalue weighted by molar-refractivity contribution is 1.47. The van der Waals surface area contributed by atoms with Crippen molar-refractivity contribution in [3.8, 4) is 0 Å². The van der Waals surface area contributed by atoms with E-state index in [1.54, 1.807) is 12.1 Å². The number of benzene rings is 1. The lowest BCUT2D eigenvalue weighted by atomic mass is 10.2. The van der Waals surface area contributed by atoms with Crippen molar-refractivity contribution in [1.82, 2.24) is 0 Å². The van der Waals surface area contributed by atoms with Crippen LogP contribution in [0.1, 0.15) is 5.56 Å². The fourth-order valence-electron chi connectivity index (χ4n) is 0.916. The molecule has 0 heterocycles. The number of hydrogen-bond donors (Lipinski definition) is 3. The number of nitrogen functional groups attached to an aromatic ring is 1. The van der Waals surface area contributed by atoms with Crippen LogP contribution in [0.4, 0.5) is 11.4 Å². The van der Waals surface area contributed by atoms with Gasteiger partial charge in [0.15, 0.2) is 0 Å². The smallest absolute Gasteiger partial charge is 0.0447 e. The second-order valence-electron chi connectivity index (χ2n) is 2.24. The Bertz CT molecular complexity index is 268. The third-order valence-electron chi connectivity index (χ3n) is 1.50. The van der Waals surface area contributed by atoms with Crippen molar-refractivity contribution in [2.75, 3.05) is 18.1 Å². The van der Waals surface area contributed by atoms with E-state index in [1.807, 2.05) is 13.1 Å². The average Bonchev–Trinajstić information content (AvgIpc) is 2.04. The monoisotopic (exact) mass is 149 g/mol. The summed E-state index contributed by atoms with van der Waals surface area (Å²) in [5, 5.41) is 10.0. The van der Waals surface area contributed by atoms with E-state index < -0.39 is 0 Å². The molecule has 0 saturated heterocycles. The molecule has 1 aromatic rings. The van der Waals surface area contributed by atoms with Gasteiger partial charge in [0.2, 0.25) is 0 Å². The third kappa shape index (κ3) is 1.49. The van der Waals surface area contributed by atoms with Crippen LogP contribution in [0.15, 0.2) is 18.2 Å². The highest BCUT2D eigenvalue weighted by Crippen LogP contribution is 2.16. The molecular weight excluding hydrogens is 138 g/mol. The molecule has 0 fully saturated rings. The largest absolute Gasteiger partial charge is 0.399 e. The lowest BCUT2D eigenvalue weighted by Gasteiger charge is -2.04. The van der Waals surface area contributed by atoms with Crippen molar-refractivity contribution in [2.24, 2.45) is 0 Å². The maximum absolute atomic E-state index is 7.05.